The molecule has 2 rings (SSSR count). The highest BCUT2D eigenvalue weighted by atomic mass is 16.5. The molecule has 2 heterocycles. The van der Waals surface area contributed by atoms with Gasteiger partial charge < -0.3 is 25.0 Å². The van der Waals surface area contributed by atoms with Gasteiger partial charge in [-0.1, -0.05) is 0 Å². The zero-order chi connectivity index (χ0) is 13.3. The third-order valence-corrected chi connectivity index (χ3v) is 3.16. The lowest BCUT2D eigenvalue weighted by atomic mass is 10.2. The van der Waals surface area contributed by atoms with Crippen molar-refractivity contribution in [2.45, 2.75) is 30.9 Å². The molecule has 2 aliphatic heterocycles. The molecule has 18 heavy (non-hydrogen) atoms. The summed E-state index contributed by atoms with van der Waals surface area (Å²) in [6.07, 6.45) is -1.93. The van der Waals surface area contributed by atoms with Crippen LogP contribution >= 0.6 is 0 Å². The van der Waals surface area contributed by atoms with Crippen molar-refractivity contribution in [2.24, 2.45) is 0 Å². The minimum Gasteiger partial charge on any atom is -0.467 e. The van der Waals surface area contributed by atoms with Crippen LogP contribution in [0.1, 0.15) is 6.42 Å². The van der Waals surface area contributed by atoms with Gasteiger partial charge in [0.2, 0.25) is 0 Å². The Kier molecular flexibility index (Phi) is 3.69. The molecule has 2 fully saturated rings. The fraction of sp³-hybridized carbons (Fsp3) is 0.800. The molecule has 8 nitrogen and oxygen atoms in total. The molecule has 2 saturated heterocycles. The highest BCUT2D eigenvalue weighted by Gasteiger charge is 2.44. The first-order chi connectivity index (χ1) is 8.56. The van der Waals surface area contributed by atoms with E-state index in [1.165, 1.54) is 12.0 Å². The Hall–Kier alpha value is -1.38. The van der Waals surface area contributed by atoms with Crippen LogP contribution in [0, 0.1) is 0 Å². The lowest BCUT2D eigenvalue weighted by Crippen LogP contribution is -2.38. The first-order valence-electron chi connectivity index (χ1n) is 5.66. The van der Waals surface area contributed by atoms with Crippen LogP contribution in [0.4, 0.5) is 4.79 Å². The second kappa shape index (κ2) is 5.09. The Morgan fingerprint density at radius 1 is 1.67 bits per heavy atom. The molecule has 0 saturated carbocycles. The third-order valence-electron chi connectivity index (χ3n) is 3.16. The number of methoxy groups -OCH3 is 1. The van der Waals surface area contributed by atoms with Crippen LogP contribution in [0.2, 0.25) is 0 Å². The molecule has 0 aromatic heterocycles. The van der Waals surface area contributed by atoms with Gasteiger partial charge in [-0.25, -0.2) is 9.59 Å². The summed E-state index contributed by atoms with van der Waals surface area (Å²) in [6, 6.07) is -1.17. The molecule has 3 N–H and O–H groups in total. The second-order valence-corrected chi connectivity index (χ2v) is 4.29. The second-order valence-electron chi connectivity index (χ2n) is 4.29. The maximum Gasteiger partial charge on any atom is 0.330 e. The van der Waals surface area contributed by atoms with Crippen LogP contribution in [0.25, 0.3) is 0 Å². The molecule has 8 heteroatoms. The van der Waals surface area contributed by atoms with Crippen molar-refractivity contribution in [1.82, 2.24) is 10.2 Å². The minimum absolute atomic E-state index is 0.126. The molecule has 4 atom stereocenters. The van der Waals surface area contributed by atoms with Gasteiger partial charge in [0.15, 0.2) is 0 Å². The molecular weight excluding hydrogens is 244 g/mol. The number of urea groups is 1. The van der Waals surface area contributed by atoms with Crippen molar-refractivity contribution in [1.29, 1.82) is 0 Å². The van der Waals surface area contributed by atoms with E-state index >= 15 is 0 Å². The van der Waals surface area contributed by atoms with Gasteiger partial charge >= 0.3 is 12.0 Å². The molecule has 0 bridgehead atoms. The van der Waals surface area contributed by atoms with Crippen molar-refractivity contribution in [3.8, 4) is 0 Å². The van der Waals surface area contributed by atoms with E-state index in [-0.39, 0.29) is 19.6 Å². The summed E-state index contributed by atoms with van der Waals surface area (Å²) >= 11 is 0. The summed E-state index contributed by atoms with van der Waals surface area (Å²) in [5.41, 5.74) is 0. The largest absolute Gasteiger partial charge is 0.467 e. The average Bonchev–Trinajstić information content (AvgIpc) is 2.91. The fourth-order valence-electron chi connectivity index (χ4n) is 2.15. The van der Waals surface area contributed by atoms with E-state index in [0.29, 0.717) is 0 Å². The molecule has 0 spiro atoms. The quantitative estimate of drug-likeness (QED) is 0.508. The molecule has 0 radical (unpaired) electrons. The van der Waals surface area contributed by atoms with E-state index in [0.717, 1.165) is 0 Å². The minimum atomic E-state index is -0.815. The molecular formula is C10H16N2O6. The Labute approximate surface area is 103 Å². The van der Waals surface area contributed by atoms with Gasteiger partial charge in [-0.15, -0.1) is 0 Å². The van der Waals surface area contributed by atoms with Crippen molar-refractivity contribution in [3.63, 3.8) is 0 Å². The lowest BCUT2D eigenvalue weighted by Gasteiger charge is -2.22. The van der Waals surface area contributed by atoms with Gasteiger partial charge in [-0.05, 0) is 0 Å². The number of amides is 2. The van der Waals surface area contributed by atoms with Gasteiger partial charge in [0.1, 0.15) is 18.4 Å². The normalized spacial score (nSPS) is 35.7. The Morgan fingerprint density at radius 3 is 2.94 bits per heavy atom. The van der Waals surface area contributed by atoms with Gasteiger partial charge in [-0.2, -0.15) is 0 Å². The number of nitrogens with zero attached hydrogens (tertiary/aromatic N) is 1. The fourth-order valence-corrected chi connectivity index (χ4v) is 2.15. The molecule has 0 aromatic rings. The maximum absolute atomic E-state index is 11.7. The topological polar surface area (TPSA) is 108 Å². The maximum atomic E-state index is 11.7. The highest BCUT2D eigenvalue weighted by Crippen LogP contribution is 2.25. The molecule has 2 aliphatic rings. The predicted octanol–water partition coefficient (Wildman–Crippen LogP) is -1.98. The number of hydrogen-bond donors (Lipinski definition) is 3. The summed E-state index contributed by atoms with van der Waals surface area (Å²) in [5.74, 6) is -0.525. The van der Waals surface area contributed by atoms with Gasteiger partial charge in [0, 0.05) is 6.42 Å². The molecule has 0 aliphatic carbocycles. The van der Waals surface area contributed by atoms with Crippen molar-refractivity contribution >= 4 is 12.0 Å². The van der Waals surface area contributed by atoms with Crippen LogP contribution in [0.5, 0.6) is 0 Å². The van der Waals surface area contributed by atoms with Gasteiger partial charge in [0.25, 0.3) is 0 Å². The van der Waals surface area contributed by atoms with E-state index in [1.54, 1.807) is 0 Å². The molecule has 2 amide bonds. The number of aliphatic hydroxyl groups is 2. The standard InChI is InChI=1S/C10H16N2O6/c1-17-9(15)5-3-12(10(16)11-5)8-2-6(14)7(4-13)18-8/h5-8,13-14H,2-4H2,1H3,(H,11,16)/t5?,6-,7+,8+/m0/s1. The zero-order valence-electron chi connectivity index (χ0n) is 9.91. The van der Waals surface area contributed by atoms with Crippen molar-refractivity contribution in [2.75, 3.05) is 20.3 Å². The SMILES string of the molecule is COC(=O)C1CN([C@H]2C[C@H](O)[C@@H](CO)O2)C(=O)N1. The highest BCUT2D eigenvalue weighted by molar-refractivity contribution is 5.87. The van der Waals surface area contributed by atoms with Crippen LogP contribution in [-0.4, -0.2) is 71.9 Å². The Bertz CT molecular complexity index is 349. The third kappa shape index (κ3) is 2.26. The summed E-state index contributed by atoms with van der Waals surface area (Å²) in [5, 5.41) is 21.0. The van der Waals surface area contributed by atoms with Crippen molar-refractivity contribution < 1.29 is 29.3 Å². The summed E-state index contributed by atoms with van der Waals surface area (Å²) < 4.78 is 9.90. The first-order valence-corrected chi connectivity index (χ1v) is 5.66. The van der Waals surface area contributed by atoms with E-state index in [2.05, 4.69) is 10.1 Å². The number of aliphatic hydroxyl groups excluding tert-OH is 2. The van der Waals surface area contributed by atoms with Crippen LogP contribution < -0.4 is 5.32 Å². The lowest BCUT2D eigenvalue weighted by molar-refractivity contribution is -0.142. The average molecular weight is 260 g/mol. The number of hydrogen-bond acceptors (Lipinski definition) is 6. The number of carbonyl (C=O) groups is 2. The Morgan fingerprint density at radius 2 is 2.39 bits per heavy atom. The van der Waals surface area contributed by atoms with Crippen LogP contribution in [-0.2, 0) is 14.3 Å². The molecule has 102 valence electrons. The number of carbonyl (C=O) groups excluding carboxylic acids is 2. The Balaban J connectivity index is 1.98. The van der Waals surface area contributed by atoms with E-state index < -0.39 is 36.5 Å². The molecule has 0 aromatic carbocycles. The monoisotopic (exact) mass is 260 g/mol. The van der Waals surface area contributed by atoms with Crippen LogP contribution in [0.3, 0.4) is 0 Å². The van der Waals surface area contributed by atoms with Gasteiger partial charge in [-0.3, -0.25) is 4.90 Å². The zero-order valence-corrected chi connectivity index (χ0v) is 9.91. The number of ether oxygens (including phenoxy) is 2. The van der Waals surface area contributed by atoms with E-state index in [1.807, 2.05) is 0 Å². The number of nitrogens with one attached hydrogen (secondary N) is 1. The summed E-state index contributed by atoms with van der Waals surface area (Å²) in [7, 11) is 1.24. The van der Waals surface area contributed by atoms with Crippen LogP contribution in [0.15, 0.2) is 0 Å². The summed E-state index contributed by atoms with van der Waals surface area (Å²) in [4.78, 5) is 24.3. The number of esters is 1. The van der Waals surface area contributed by atoms with E-state index in [9.17, 15) is 14.7 Å². The molecule has 1 unspecified atom stereocenters. The van der Waals surface area contributed by atoms with Gasteiger partial charge in [0.05, 0.1) is 26.4 Å². The first kappa shape index (κ1) is 13.1. The smallest absolute Gasteiger partial charge is 0.330 e. The summed E-state index contributed by atoms with van der Waals surface area (Å²) in [6.45, 7) is -0.186. The van der Waals surface area contributed by atoms with Crippen molar-refractivity contribution in [3.05, 3.63) is 0 Å². The predicted molar refractivity (Wildman–Crippen MR) is 57.4 cm³/mol. The number of rotatable bonds is 3. The van der Waals surface area contributed by atoms with E-state index in [4.69, 9.17) is 9.84 Å².